The zero-order valence-electron chi connectivity index (χ0n) is 12.7. The number of nitrogens with zero attached hydrogens (tertiary/aromatic N) is 3. The fraction of sp³-hybridized carbons (Fsp3) is 0.167. The summed E-state index contributed by atoms with van der Waals surface area (Å²) >= 11 is 0. The second-order valence-corrected chi connectivity index (χ2v) is 5.29. The molecule has 0 saturated heterocycles. The first-order chi connectivity index (χ1) is 10.7. The van der Waals surface area contributed by atoms with Gasteiger partial charge in [-0.2, -0.15) is 0 Å². The van der Waals surface area contributed by atoms with E-state index in [1.165, 1.54) is 5.56 Å². The van der Waals surface area contributed by atoms with Gasteiger partial charge in [-0.05, 0) is 31.5 Å². The average molecular weight is 290 g/mol. The van der Waals surface area contributed by atoms with Gasteiger partial charge in [0.2, 0.25) is 0 Å². The first-order valence-electron chi connectivity index (χ1n) is 7.25. The monoisotopic (exact) mass is 290 g/mol. The molecule has 22 heavy (non-hydrogen) atoms. The third-order valence-electron chi connectivity index (χ3n) is 3.46. The first kappa shape index (κ1) is 14.2. The number of pyridine rings is 1. The quantitative estimate of drug-likeness (QED) is 0.796. The van der Waals surface area contributed by atoms with Crippen molar-refractivity contribution in [3.8, 4) is 0 Å². The Morgan fingerprint density at radius 3 is 2.55 bits per heavy atom. The van der Waals surface area contributed by atoms with E-state index in [9.17, 15) is 0 Å². The lowest BCUT2D eigenvalue weighted by Crippen LogP contribution is -2.15. The van der Waals surface area contributed by atoms with Crippen LogP contribution in [0.4, 0.5) is 5.82 Å². The number of aromatic nitrogens is 3. The van der Waals surface area contributed by atoms with Crippen LogP contribution in [0.15, 0.2) is 61.1 Å². The molecule has 110 valence electrons. The highest BCUT2D eigenvalue weighted by Gasteiger charge is 2.16. The molecule has 0 aliphatic rings. The van der Waals surface area contributed by atoms with Crippen molar-refractivity contribution in [2.45, 2.75) is 19.9 Å². The van der Waals surface area contributed by atoms with Crippen molar-refractivity contribution in [1.29, 1.82) is 0 Å². The minimum Gasteiger partial charge on any atom is -0.357 e. The van der Waals surface area contributed by atoms with Crippen LogP contribution in [-0.4, -0.2) is 15.0 Å². The van der Waals surface area contributed by atoms with Crippen molar-refractivity contribution < 1.29 is 0 Å². The number of rotatable bonds is 4. The topological polar surface area (TPSA) is 50.7 Å². The highest BCUT2D eigenvalue weighted by molar-refractivity contribution is 5.43. The molecule has 1 aromatic carbocycles. The van der Waals surface area contributed by atoms with E-state index in [1.54, 1.807) is 6.33 Å². The Labute approximate surface area is 130 Å². The fourth-order valence-electron chi connectivity index (χ4n) is 2.41. The predicted molar refractivity (Wildman–Crippen MR) is 87.7 cm³/mol. The lowest BCUT2D eigenvalue weighted by molar-refractivity contribution is 0.872. The van der Waals surface area contributed by atoms with Gasteiger partial charge in [0.25, 0.3) is 0 Å². The molecule has 2 heterocycles. The Morgan fingerprint density at radius 2 is 1.82 bits per heavy atom. The normalized spacial score (nSPS) is 11.9. The molecule has 0 aliphatic carbocycles. The molecule has 0 spiro atoms. The van der Waals surface area contributed by atoms with Gasteiger partial charge in [-0.25, -0.2) is 9.97 Å². The first-order valence-corrected chi connectivity index (χ1v) is 7.25. The Balaban J connectivity index is 2.00. The van der Waals surface area contributed by atoms with Crippen LogP contribution in [-0.2, 0) is 0 Å². The van der Waals surface area contributed by atoms with Gasteiger partial charge in [0.05, 0.1) is 11.7 Å². The zero-order chi connectivity index (χ0) is 15.4. The third kappa shape index (κ3) is 3.28. The van der Waals surface area contributed by atoms with Crippen LogP contribution in [0.3, 0.4) is 0 Å². The van der Waals surface area contributed by atoms with Gasteiger partial charge in [0.1, 0.15) is 12.1 Å². The molecule has 0 radical (unpaired) electrons. The summed E-state index contributed by atoms with van der Waals surface area (Å²) in [7, 11) is 0. The van der Waals surface area contributed by atoms with Crippen LogP contribution in [0.2, 0.25) is 0 Å². The van der Waals surface area contributed by atoms with Gasteiger partial charge in [-0.1, -0.05) is 35.9 Å². The molecular weight excluding hydrogens is 272 g/mol. The molecule has 0 saturated carbocycles. The molecule has 0 fully saturated rings. The smallest absolute Gasteiger partial charge is 0.130 e. The molecule has 3 aromatic rings. The maximum absolute atomic E-state index is 4.50. The number of hydrogen-bond donors (Lipinski definition) is 1. The SMILES string of the molecule is Cc1cccc(C(Nc2cc(C)ncn2)c2ccccn2)c1. The Bertz CT molecular complexity index is 756. The van der Waals surface area contributed by atoms with Gasteiger partial charge < -0.3 is 5.32 Å². The van der Waals surface area contributed by atoms with E-state index in [0.717, 1.165) is 22.8 Å². The molecule has 0 amide bonds. The standard InChI is InChI=1S/C18H18N4/c1-13-6-5-7-15(10-13)18(16-8-3-4-9-19-16)22-17-11-14(2)20-12-21-17/h3-12,18H,1-2H3,(H,20,21,22). The van der Waals surface area contributed by atoms with Gasteiger partial charge in [-0.15, -0.1) is 0 Å². The summed E-state index contributed by atoms with van der Waals surface area (Å²) in [5.74, 6) is 0.796. The number of anilines is 1. The van der Waals surface area contributed by atoms with Gasteiger partial charge >= 0.3 is 0 Å². The van der Waals surface area contributed by atoms with Crippen LogP contribution < -0.4 is 5.32 Å². The maximum Gasteiger partial charge on any atom is 0.130 e. The van der Waals surface area contributed by atoms with Crippen LogP contribution in [0.25, 0.3) is 0 Å². The minimum absolute atomic E-state index is 0.0459. The molecular formula is C18H18N4. The summed E-state index contributed by atoms with van der Waals surface area (Å²) in [4.78, 5) is 12.9. The predicted octanol–water partition coefficient (Wildman–Crippen LogP) is 3.69. The number of hydrogen-bond acceptors (Lipinski definition) is 4. The van der Waals surface area contributed by atoms with Crippen molar-refractivity contribution in [2.24, 2.45) is 0 Å². The lowest BCUT2D eigenvalue weighted by atomic mass is 10.0. The maximum atomic E-state index is 4.50. The lowest BCUT2D eigenvalue weighted by Gasteiger charge is -2.20. The van der Waals surface area contributed by atoms with E-state index in [1.807, 2.05) is 37.4 Å². The van der Waals surface area contributed by atoms with E-state index < -0.39 is 0 Å². The molecule has 1 unspecified atom stereocenters. The number of aryl methyl sites for hydroxylation is 2. The van der Waals surface area contributed by atoms with E-state index in [2.05, 4.69) is 51.5 Å². The van der Waals surface area contributed by atoms with Crippen molar-refractivity contribution in [3.63, 3.8) is 0 Å². The molecule has 1 atom stereocenters. The molecule has 3 rings (SSSR count). The number of nitrogens with one attached hydrogen (secondary N) is 1. The van der Waals surface area contributed by atoms with E-state index in [0.29, 0.717) is 0 Å². The summed E-state index contributed by atoms with van der Waals surface area (Å²) in [5, 5.41) is 3.47. The third-order valence-corrected chi connectivity index (χ3v) is 3.46. The molecule has 1 N–H and O–H groups in total. The molecule has 0 bridgehead atoms. The second kappa shape index (κ2) is 6.35. The summed E-state index contributed by atoms with van der Waals surface area (Å²) in [6, 6.07) is 16.3. The van der Waals surface area contributed by atoms with E-state index in [-0.39, 0.29) is 6.04 Å². The molecule has 4 heteroatoms. The Hall–Kier alpha value is -2.75. The van der Waals surface area contributed by atoms with Crippen molar-refractivity contribution in [2.75, 3.05) is 5.32 Å². The van der Waals surface area contributed by atoms with Crippen LogP contribution >= 0.6 is 0 Å². The van der Waals surface area contributed by atoms with Crippen molar-refractivity contribution >= 4 is 5.82 Å². The van der Waals surface area contributed by atoms with Gasteiger partial charge in [0, 0.05) is 18.0 Å². The summed E-state index contributed by atoms with van der Waals surface area (Å²) in [6.07, 6.45) is 3.38. The van der Waals surface area contributed by atoms with Gasteiger partial charge in [0.15, 0.2) is 0 Å². The Kier molecular flexibility index (Phi) is 4.10. The fourth-order valence-corrected chi connectivity index (χ4v) is 2.41. The van der Waals surface area contributed by atoms with E-state index in [4.69, 9.17) is 0 Å². The van der Waals surface area contributed by atoms with Crippen molar-refractivity contribution in [1.82, 2.24) is 15.0 Å². The summed E-state index contributed by atoms with van der Waals surface area (Å²) < 4.78 is 0. The summed E-state index contributed by atoms with van der Waals surface area (Å²) in [5.41, 5.74) is 4.28. The second-order valence-electron chi connectivity index (χ2n) is 5.29. The molecule has 2 aromatic heterocycles. The highest BCUT2D eigenvalue weighted by Crippen LogP contribution is 2.25. The molecule has 0 aliphatic heterocycles. The van der Waals surface area contributed by atoms with Crippen LogP contribution in [0.5, 0.6) is 0 Å². The molecule has 4 nitrogen and oxygen atoms in total. The van der Waals surface area contributed by atoms with Crippen LogP contribution in [0.1, 0.15) is 28.6 Å². The zero-order valence-corrected chi connectivity index (χ0v) is 12.7. The summed E-state index contributed by atoms with van der Waals surface area (Å²) in [6.45, 7) is 4.04. The Morgan fingerprint density at radius 1 is 0.909 bits per heavy atom. The minimum atomic E-state index is -0.0459. The van der Waals surface area contributed by atoms with Crippen LogP contribution in [0, 0.1) is 13.8 Å². The highest BCUT2D eigenvalue weighted by atomic mass is 15.0. The largest absolute Gasteiger partial charge is 0.357 e. The average Bonchev–Trinajstić information content (AvgIpc) is 2.53. The van der Waals surface area contributed by atoms with Crippen molar-refractivity contribution in [3.05, 3.63) is 83.6 Å². The van der Waals surface area contributed by atoms with E-state index >= 15 is 0 Å². The number of benzene rings is 1. The van der Waals surface area contributed by atoms with Gasteiger partial charge in [-0.3, -0.25) is 4.98 Å².